The number of carbonyl (C=O) groups excluding carboxylic acids is 1. The van der Waals surface area contributed by atoms with Gasteiger partial charge in [-0.1, -0.05) is 11.8 Å². The lowest BCUT2D eigenvalue weighted by atomic mass is 10.3. The monoisotopic (exact) mass is 409 g/mol. The minimum absolute atomic E-state index is 0. The predicted octanol–water partition coefficient (Wildman–Crippen LogP) is 4.16. The summed E-state index contributed by atoms with van der Waals surface area (Å²) in [5.74, 6) is -0.0576. The zero-order chi connectivity index (χ0) is 17.3. The van der Waals surface area contributed by atoms with E-state index < -0.39 is 11.9 Å². The molecule has 0 fully saturated rings. The molecule has 5 nitrogen and oxygen atoms in total. The number of hydrogen-bond acceptors (Lipinski definition) is 7. The van der Waals surface area contributed by atoms with Crippen LogP contribution in [0.4, 0.5) is 13.2 Å². The van der Waals surface area contributed by atoms with Crippen molar-refractivity contribution in [3.63, 3.8) is 0 Å². The van der Waals surface area contributed by atoms with Gasteiger partial charge in [-0.15, -0.1) is 23.7 Å². The van der Waals surface area contributed by atoms with Crippen LogP contribution in [0.5, 0.6) is 0 Å². The molecular formula is C14H11ClF3N3O2S2. The van der Waals surface area contributed by atoms with Crippen molar-refractivity contribution in [2.45, 2.75) is 17.9 Å². The predicted molar refractivity (Wildman–Crippen MR) is 91.3 cm³/mol. The van der Waals surface area contributed by atoms with Gasteiger partial charge in [0.15, 0.2) is 11.4 Å². The van der Waals surface area contributed by atoms with Gasteiger partial charge < -0.3 is 10.2 Å². The molecule has 0 bridgehead atoms. The van der Waals surface area contributed by atoms with Crippen molar-refractivity contribution in [2.75, 3.05) is 5.75 Å². The van der Waals surface area contributed by atoms with Gasteiger partial charge in [-0.3, -0.25) is 4.79 Å². The first-order valence-electron chi connectivity index (χ1n) is 6.65. The molecule has 0 saturated carbocycles. The van der Waals surface area contributed by atoms with Crippen molar-refractivity contribution < 1.29 is 22.4 Å². The van der Waals surface area contributed by atoms with Crippen LogP contribution in [-0.2, 0) is 12.7 Å². The third-order valence-electron chi connectivity index (χ3n) is 3.01. The van der Waals surface area contributed by atoms with Gasteiger partial charge in [0.2, 0.25) is 0 Å². The van der Waals surface area contributed by atoms with E-state index in [9.17, 15) is 18.0 Å². The first-order chi connectivity index (χ1) is 11.4. The number of thioether (sulfide) groups is 1. The van der Waals surface area contributed by atoms with Crippen LogP contribution in [0, 0.1) is 0 Å². The highest BCUT2D eigenvalue weighted by Gasteiger charge is 2.33. The maximum atomic E-state index is 12.6. The van der Waals surface area contributed by atoms with E-state index in [1.165, 1.54) is 11.3 Å². The van der Waals surface area contributed by atoms with Gasteiger partial charge in [-0.2, -0.15) is 13.2 Å². The number of rotatable bonds is 5. The first-order valence-corrected chi connectivity index (χ1v) is 8.45. The molecule has 0 aromatic carbocycles. The number of aromatic nitrogens is 2. The second-order valence-corrected chi connectivity index (χ2v) is 6.79. The third kappa shape index (κ3) is 4.51. The molecule has 0 radical (unpaired) electrons. The van der Waals surface area contributed by atoms with E-state index in [1.807, 2.05) is 0 Å². The van der Waals surface area contributed by atoms with Crippen molar-refractivity contribution in [1.29, 1.82) is 0 Å². The molecule has 0 aliphatic rings. The normalized spacial score (nSPS) is 11.5. The SMILES string of the molecule is Cl.NCc1ccc(C(=O)CSc2nc3cc(C(F)(F)F)ncc3o2)s1. The molecule has 25 heavy (non-hydrogen) atoms. The van der Waals surface area contributed by atoms with Gasteiger partial charge in [0, 0.05) is 11.4 Å². The average Bonchev–Trinajstić information content (AvgIpc) is 3.17. The minimum atomic E-state index is -4.55. The molecule has 0 spiro atoms. The van der Waals surface area contributed by atoms with E-state index in [1.54, 1.807) is 12.1 Å². The van der Waals surface area contributed by atoms with E-state index in [-0.39, 0.29) is 40.3 Å². The molecule has 0 amide bonds. The lowest BCUT2D eigenvalue weighted by Gasteiger charge is -2.03. The van der Waals surface area contributed by atoms with E-state index in [4.69, 9.17) is 10.2 Å². The van der Waals surface area contributed by atoms with Crippen LogP contribution in [0.3, 0.4) is 0 Å². The van der Waals surface area contributed by atoms with Crippen LogP contribution in [0.1, 0.15) is 20.2 Å². The summed E-state index contributed by atoms with van der Waals surface area (Å²) in [5.41, 5.74) is 4.65. The van der Waals surface area contributed by atoms with E-state index in [0.717, 1.165) is 28.9 Å². The molecule has 3 aromatic heterocycles. The highest BCUT2D eigenvalue weighted by atomic mass is 35.5. The Balaban J connectivity index is 0.00000225. The maximum Gasteiger partial charge on any atom is 0.433 e. The van der Waals surface area contributed by atoms with Crippen LogP contribution in [0.2, 0.25) is 0 Å². The number of nitrogens with two attached hydrogens (primary N) is 1. The molecule has 11 heteroatoms. The lowest BCUT2D eigenvalue weighted by molar-refractivity contribution is -0.141. The molecule has 3 aromatic rings. The van der Waals surface area contributed by atoms with Crippen molar-refractivity contribution in [2.24, 2.45) is 5.73 Å². The Morgan fingerprint density at radius 3 is 2.76 bits per heavy atom. The fraction of sp³-hybridized carbons (Fsp3) is 0.214. The number of fused-ring (bicyclic) bond motifs is 1. The Morgan fingerprint density at radius 1 is 1.36 bits per heavy atom. The van der Waals surface area contributed by atoms with Crippen LogP contribution in [-0.4, -0.2) is 21.5 Å². The summed E-state index contributed by atoms with van der Waals surface area (Å²) in [6.45, 7) is 0.366. The highest BCUT2D eigenvalue weighted by molar-refractivity contribution is 7.99. The zero-order valence-corrected chi connectivity index (χ0v) is 14.8. The molecule has 3 heterocycles. The molecule has 0 aliphatic carbocycles. The standard InChI is InChI=1S/C14H10F3N3O2S2.ClH/c15-14(16,17)12-3-8-10(5-19-12)22-13(20-8)23-6-9(21)11-2-1-7(4-18)24-11;/h1-3,5H,4,6,18H2;1H. The number of carbonyl (C=O) groups is 1. The number of hydrogen-bond donors (Lipinski definition) is 1. The summed E-state index contributed by atoms with van der Waals surface area (Å²) < 4.78 is 43.2. The van der Waals surface area contributed by atoms with Gasteiger partial charge in [0.05, 0.1) is 16.8 Å². The van der Waals surface area contributed by atoms with E-state index in [2.05, 4.69) is 9.97 Å². The second-order valence-electron chi connectivity index (χ2n) is 4.70. The Hall–Kier alpha value is -1.62. The Bertz CT molecular complexity index is 895. The summed E-state index contributed by atoms with van der Waals surface area (Å²) >= 11 is 2.33. The molecule has 134 valence electrons. The number of halogens is 4. The quantitative estimate of drug-likeness (QED) is 0.503. The number of oxazole rings is 1. The van der Waals surface area contributed by atoms with Crippen LogP contribution in [0.25, 0.3) is 11.1 Å². The Labute approximate surface area is 154 Å². The summed E-state index contributed by atoms with van der Waals surface area (Å²) in [5, 5.41) is 0.120. The lowest BCUT2D eigenvalue weighted by Crippen LogP contribution is -2.07. The van der Waals surface area contributed by atoms with Crippen molar-refractivity contribution in [3.05, 3.63) is 39.8 Å². The van der Waals surface area contributed by atoms with Gasteiger partial charge in [0.25, 0.3) is 5.22 Å². The van der Waals surface area contributed by atoms with Gasteiger partial charge in [-0.25, -0.2) is 9.97 Å². The number of nitrogens with zero attached hydrogens (tertiary/aromatic N) is 2. The first kappa shape index (κ1) is 19.7. The molecule has 3 rings (SSSR count). The Morgan fingerprint density at radius 2 is 2.12 bits per heavy atom. The topological polar surface area (TPSA) is 82.0 Å². The van der Waals surface area contributed by atoms with Crippen molar-refractivity contribution >= 4 is 52.4 Å². The number of pyridine rings is 1. The second kappa shape index (κ2) is 7.73. The van der Waals surface area contributed by atoms with Gasteiger partial charge >= 0.3 is 6.18 Å². The summed E-state index contributed by atoms with van der Waals surface area (Å²) in [6, 6.07) is 4.30. The molecule has 0 aliphatic heterocycles. The summed E-state index contributed by atoms with van der Waals surface area (Å²) in [6.07, 6.45) is -3.57. The third-order valence-corrected chi connectivity index (χ3v) is 4.99. The number of alkyl halides is 3. The zero-order valence-electron chi connectivity index (χ0n) is 12.4. The average molecular weight is 410 g/mol. The summed E-state index contributed by atoms with van der Waals surface area (Å²) in [4.78, 5) is 20.8. The maximum absolute atomic E-state index is 12.6. The molecule has 0 atom stereocenters. The van der Waals surface area contributed by atoms with E-state index in [0.29, 0.717) is 11.4 Å². The fourth-order valence-corrected chi connectivity index (χ4v) is 3.50. The van der Waals surface area contributed by atoms with Crippen LogP contribution >= 0.6 is 35.5 Å². The molecule has 0 saturated heterocycles. The minimum Gasteiger partial charge on any atom is -0.430 e. The number of ketones is 1. The smallest absolute Gasteiger partial charge is 0.430 e. The van der Waals surface area contributed by atoms with Crippen molar-refractivity contribution in [3.8, 4) is 0 Å². The van der Waals surface area contributed by atoms with Crippen LogP contribution in [0.15, 0.2) is 34.0 Å². The largest absolute Gasteiger partial charge is 0.433 e. The van der Waals surface area contributed by atoms with Crippen LogP contribution < -0.4 is 5.73 Å². The molecular weight excluding hydrogens is 399 g/mol. The van der Waals surface area contributed by atoms with E-state index >= 15 is 0 Å². The highest BCUT2D eigenvalue weighted by Crippen LogP contribution is 2.31. The Kier molecular flexibility index (Phi) is 6.09. The van der Waals surface area contributed by atoms with Gasteiger partial charge in [0.1, 0.15) is 11.2 Å². The van der Waals surface area contributed by atoms with Gasteiger partial charge in [-0.05, 0) is 18.2 Å². The fourth-order valence-electron chi connectivity index (χ4n) is 1.87. The summed E-state index contributed by atoms with van der Waals surface area (Å²) in [7, 11) is 0. The number of Topliss-reactive ketones (excluding diaryl/α,β-unsaturated/α-hetero) is 1. The van der Waals surface area contributed by atoms with Crippen molar-refractivity contribution in [1.82, 2.24) is 9.97 Å². The molecule has 0 unspecified atom stereocenters. The number of thiophene rings is 1. The molecule has 2 N–H and O–H groups in total.